The first-order valence-electron chi connectivity index (χ1n) is 8.54. The molecule has 2 amide bonds. The fourth-order valence-corrected chi connectivity index (χ4v) is 2.31. The van der Waals surface area contributed by atoms with E-state index in [2.05, 4.69) is 10.6 Å². The largest absolute Gasteiger partial charge is 0.497 e. The van der Waals surface area contributed by atoms with Crippen molar-refractivity contribution < 1.29 is 23.8 Å². The van der Waals surface area contributed by atoms with Crippen LogP contribution in [0.4, 0.5) is 0 Å². The minimum Gasteiger partial charge on any atom is -0.497 e. The zero-order valence-electron chi connectivity index (χ0n) is 15.5. The van der Waals surface area contributed by atoms with E-state index in [4.69, 9.17) is 14.2 Å². The molecule has 0 bridgehead atoms. The third kappa shape index (κ3) is 6.89. The molecule has 2 aromatic rings. The van der Waals surface area contributed by atoms with Crippen molar-refractivity contribution in [2.24, 2.45) is 0 Å². The highest BCUT2D eigenvalue weighted by Gasteiger charge is 2.08. The first-order valence-corrected chi connectivity index (χ1v) is 8.54. The molecule has 0 aromatic heterocycles. The zero-order valence-corrected chi connectivity index (χ0v) is 15.5. The quantitative estimate of drug-likeness (QED) is 0.661. The molecule has 2 rings (SSSR count). The lowest BCUT2D eigenvalue weighted by atomic mass is 10.1. The van der Waals surface area contributed by atoms with E-state index in [1.165, 1.54) is 7.11 Å². The van der Waals surface area contributed by atoms with Gasteiger partial charge in [-0.15, -0.1) is 0 Å². The van der Waals surface area contributed by atoms with Gasteiger partial charge in [0.2, 0.25) is 5.91 Å². The predicted molar refractivity (Wildman–Crippen MR) is 101 cm³/mol. The van der Waals surface area contributed by atoms with Crippen LogP contribution in [0.2, 0.25) is 0 Å². The van der Waals surface area contributed by atoms with Crippen molar-refractivity contribution >= 4 is 11.8 Å². The number of carbonyl (C=O) groups excluding carboxylic acids is 2. The molecule has 0 atom stereocenters. The molecule has 0 heterocycles. The van der Waals surface area contributed by atoms with Gasteiger partial charge in [-0.25, -0.2) is 0 Å². The number of methoxy groups -OCH3 is 2. The number of amides is 2. The van der Waals surface area contributed by atoms with Gasteiger partial charge >= 0.3 is 0 Å². The topological polar surface area (TPSA) is 85.9 Å². The highest BCUT2D eigenvalue weighted by Crippen LogP contribution is 2.25. The third-order valence-electron chi connectivity index (χ3n) is 3.77. The number of carbonyl (C=O) groups is 2. The van der Waals surface area contributed by atoms with Crippen molar-refractivity contribution in [2.75, 3.05) is 33.9 Å². The summed E-state index contributed by atoms with van der Waals surface area (Å²) in [7, 11) is 3.14. The lowest BCUT2D eigenvalue weighted by Crippen LogP contribution is -2.39. The van der Waals surface area contributed by atoms with E-state index in [-0.39, 0.29) is 25.0 Å². The lowest BCUT2D eigenvalue weighted by Gasteiger charge is -2.10. The van der Waals surface area contributed by atoms with Gasteiger partial charge in [-0.05, 0) is 36.2 Å². The fraction of sp³-hybridized carbons (Fsp3) is 0.300. The number of rotatable bonds is 10. The van der Waals surface area contributed by atoms with Gasteiger partial charge < -0.3 is 24.8 Å². The molecule has 0 radical (unpaired) electrons. The molecule has 0 aliphatic carbocycles. The Morgan fingerprint density at radius 3 is 2.22 bits per heavy atom. The molecular formula is C20H24N2O5. The van der Waals surface area contributed by atoms with Crippen molar-refractivity contribution in [1.82, 2.24) is 10.6 Å². The van der Waals surface area contributed by atoms with Crippen LogP contribution in [0.1, 0.15) is 5.56 Å². The van der Waals surface area contributed by atoms with Crippen molar-refractivity contribution in [3.63, 3.8) is 0 Å². The van der Waals surface area contributed by atoms with Crippen LogP contribution in [0, 0.1) is 0 Å². The SMILES string of the molecule is COc1ccc(CCNC(=O)CNC(=O)COc2ccccc2OC)cc1. The molecule has 0 aliphatic rings. The van der Waals surface area contributed by atoms with Crippen LogP contribution in [0.25, 0.3) is 0 Å². The maximum Gasteiger partial charge on any atom is 0.258 e. The second kappa shape index (κ2) is 10.7. The van der Waals surface area contributed by atoms with Crippen molar-refractivity contribution in [3.05, 3.63) is 54.1 Å². The van der Waals surface area contributed by atoms with Gasteiger partial charge in [0.1, 0.15) is 5.75 Å². The molecule has 27 heavy (non-hydrogen) atoms. The van der Waals surface area contributed by atoms with E-state index < -0.39 is 0 Å². The summed E-state index contributed by atoms with van der Waals surface area (Å²) >= 11 is 0. The minimum absolute atomic E-state index is 0.100. The van der Waals surface area contributed by atoms with E-state index in [1.54, 1.807) is 25.3 Å². The molecule has 0 spiro atoms. The average Bonchev–Trinajstić information content (AvgIpc) is 2.71. The lowest BCUT2D eigenvalue weighted by molar-refractivity contribution is -0.127. The fourth-order valence-electron chi connectivity index (χ4n) is 2.31. The Labute approximate surface area is 158 Å². The van der Waals surface area contributed by atoms with E-state index >= 15 is 0 Å². The molecule has 2 aromatic carbocycles. The van der Waals surface area contributed by atoms with Crippen LogP contribution >= 0.6 is 0 Å². The number of benzene rings is 2. The van der Waals surface area contributed by atoms with Crippen LogP contribution < -0.4 is 24.8 Å². The standard InChI is InChI=1S/C20H24N2O5/c1-25-16-9-7-15(8-10-16)11-12-21-19(23)13-22-20(24)14-27-18-6-4-3-5-17(18)26-2/h3-10H,11-14H2,1-2H3,(H,21,23)(H,22,24). The summed E-state index contributed by atoms with van der Waals surface area (Å²) in [6, 6.07) is 14.7. The molecule has 7 heteroatoms. The Hall–Kier alpha value is -3.22. The summed E-state index contributed by atoms with van der Waals surface area (Å²) in [5.41, 5.74) is 1.09. The number of para-hydroxylation sites is 2. The van der Waals surface area contributed by atoms with Gasteiger partial charge in [-0.2, -0.15) is 0 Å². The van der Waals surface area contributed by atoms with Crippen LogP contribution in [0.5, 0.6) is 17.2 Å². The summed E-state index contributed by atoms with van der Waals surface area (Å²) in [5.74, 6) is 1.17. The van der Waals surface area contributed by atoms with Crippen molar-refractivity contribution in [3.8, 4) is 17.2 Å². The first-order chi connectivity index (χ1) is 13.1. The van der Waals surface area contributed by atoms with E-state index in [0.29, 0.717) is 24.5 Å². The van der Waals surface area contributed by atoms with Crippen molar-refractivity contribution in [1.29, 1.82) is 0 Å². The summed E-state index contributed by atoms with van der Waals surface area (Å²) in [6.07, 6.45) is 0.695. The molecule has 2 N–H and O–H groups in total. The van der Waals surface area contributed by atoms with Gasteiger partial charge in [0.05, 0.1) is 20.8 Å². The Balaban J connectivity index is 1.63. The van der Waals surface area contributed by atoms with E-state index in [9.17, 15) is 9.59 Å². The minimum atomic E-state index is -0.383. The van der Waals surface area contributed by atoms with Crippen LogP contribution in [-0.2, 0) is 16.0 Å². The molecule has 0 unspecified atom stereocenters. The molecule has 0 saturated heterocycles. The number of nitrogens with one attached hydrogen (secondary N) is 2. The normalized spacial score (nSPS) is 10.0. The highest BCUT2D eigenvalue weighted by molar-refractivity contribution is 5.85. The second-order valence-corrected chi connectivity index (χ2v) is 5.66. The number of hydrogen-bond donors (Lipinski definition) is 2. The van der Waals surface area contributed by atoms with Crippen molar-refractivity contribution in [2.45, 2.75) is 6.42 Å². The maximum atomic E-state index is 11.8. The monoisotopic (exact) mass is 372 g/mol. The molecule has 0 aliphatic heterocycles. The van der Waals surface area contributed by atoms with Gasteiger partial charge in [-0.3, -0.25) is 9.59 Å². The molecule has 7 nitrogen and oxygen atoms in total. The summed E-state index contributed by atoms with van der Waals surface area (Å²) in [4.78, 5) is 23.6. The highest BCUT2D eigenvalue weighted by atomic mass is 16.5. The molecule has 0 fully saturated rings. The number of hydrogen-bond acceptors (Lipinski definition) is 5. The Morgan fingerprint density at radius 2 is 1.56 bits per heavy atom. The van der Waals surface area contributed by atoms with Crippen LogP contribution in [-0.4, -0.2) is 45.7 Å². The smallest absolute Gasteiger partial charge is 0.258 e. The Bertz CT molecular complexity index is 746. The third-order valence-corrected chi connectivity index (χ3v) is 3.77. The number of ether oxygens (including phenoxy) is 3. The summed E-state index contributed by atoms with van der Waals surface area (Å²) in [5, 5.41) is 5.28. The van der Waals surface area contributed by atoms with E-state index in [0.717, 1.165) is 11.3 Å². The molecule has 0 saturated carbocycles. The van der Waals surface area contributed by atoms with E-state index in [1.807, 2.05) is 30.3 Å². The Kier molecular flexibility index (Phi) is 7.96. The predicted octanol–water partition coefficient (Wildman–Crippen LogP) is 1.56. The zero-order chi connectivity index (χ0) is 19.5. The molecule has 144 valence electrons. The summed E-state index contributed by atoms with van der Waals surface area (Å²) in [6.45, 7) is 0.189. The Morgan fingerprint density at radius 1 is 0.852 bits per heavy atom. The second-order valence-electron chi connectivity index (χ2n) is 5.66. The van der Waals surface area contributed by atoms with Crippen LogP contribution in [0.15, 0.2) is 48.5 Å². The summed E-state index contributed by atoms with van der Waals surface area (Å²) < 4.78 is 15.6. The van der Waals surface area contributed by atoms with Gasteiger partial charge in [0.25, 0.3) is 5.91 Å². The first kappa shape index (κ1) is 20.1. The average molecular weight is 372 g/mol. The van der Waals surface area contributed by atoms with Gasteiger partial charge in [0, 0.05) is 6.54 Å². The van der Waals surface area contributed by atoms with Crippen LogP contribution in [0.3, 0.4) is 0 Å². The molecular weight excluding hydrogens is 348 g/mol. The van der Waals surface area contributed by atoms with Gasteiger partial charge in [0.15, 0.2) is 18.1 Å². The maximum absolute atomic E-state index is 11.8. The van der Waals surface area contributed by atoms with Gasteiger partial charge in [-0.1, -0.05) is 24.3 Å².